The highest BCUT2D eigenvalue weighted by atomic mass is 35.5. The van der Waals surface area contributed by atoms with Gasteiger partial charge in [0.1, 0.15) is 23.9 Å². The first kappa shape index (κ1) is 21.3. The van der Waals surface area contributed by atoms with Crippen LogP contribution >= 0.6 is 11.6 Å². The Kier molecular flexibility index (Phi) is 6.79. The number of nitrogens with zero attached hydrogens (tertiary/aromatic N) is 2. The predicted octanol–water partition coefficient (Wildman–Crippen LogP) is 4.48. The summed E-state index contributed by atoms with van der Waals surface area (Å²) in [6, 6.07) is 18.8. The van der Waals surface area contributed by atoms with Crippen LogP contribution in [0, 0.1) is 0 Å². The second-order valence-electron chi connectivity index (χ2n) is 7.40. The van der Waals surface area contributed by atoms with Crippen molar-refractivity contribution in [2.45, 2.75) is 13.2 Å². The van der Waals surface area contributed by atoms with Crippen LogP contribution < -0.4 is 9.47 Å². The first-order valence-electron chi connectivity index (χ1n) is 10.2. The van der Waals surface area contributed by atoms with E-state index in [0.29, 0.717) is 35.4 Å². The van der Waals surface area contributed by atoms with E-state index in [1.807, 2.05) is 35.2 Å². The third-order valence-corrected chi connectivity index (χ3v) is 5.59. The summed E-state index contributed by atoms with van der Waals surface area (Å²) >= 11 is 6.10. The van der Waals surface area contributed by atoms with E-state index in [-0.39, 0.29) is 12.5 Å². The molecule has 1 aliphatic heterocycles. The summed E-state index contributed by atoms with van der Waals surface area (Å²) in [5.74, 6) is 2.27. The van der Waals surface area contributed by atoms with Crippen LogP contribution in [-0.4, -0.2) is 49.0 Å². The number of furan rings is 1. The number of benzene rings is 2. The van der Waals surface area contributed by atoms with Crippen molar-refractivity contribution in [1.29, 1.82) is 0 Å². The van der Waals surface area contributed by atoms with Crippen molar-refractivity contribution in [3.8, 4) is 11.5 Å². The zero-order valence-electron chi connectivity index (χ0n) is 17.4. The van der Waals surface area contributed by atoms with E-state index in [1.54, 1.807) is 31.4 Å². The Morgan fingerprint density at radius 3 is 2.61 bits per heavy atom. The van der Waals surface area contributed by atoms with Crippen LogP contribution in [0.3, 0.4) is 0 Å². The van der Waals surface area contributed by atoms with Gasteiger partial charge in [0.25, 0.3) is 5.91 Å². The van der Waals surface area contributed by atoms with Crippen molar-refractivity contribution in [3.05, 3.63) is 82.8 Å². The second-order valence-corrected chi connectivity index (χ2v) is 7.81. The molecule has 0 N–H and O–H groups in total. The molecule has 0 radical (unpaired) electrons. The molecule has 0 saturated carbocycles. The average Bonchev–Trinajstić information content (AvgIpc) is 3.28. The van der Waals surface area contributed by atoms with Gasteiger partial charge in [0.15, 0.2) is 5.76 Å². The molecule has 1 aromatic heterocycles. The Morgan fingerprint density at radius 1 is 1.03 bits per heavy atom. The zero-order chi connectivity index (χ0) is 21.6. The molecule has 1 aliphatic rings. The summed E-state index contributed by atoms with van der Waals surface area (Å²) in [5, 5.41) is 0.539. The molecule has 0 unspecified atom stereocenters. The van der Waals surface area contributed by atoms with Crippen molar-refractivity contribution in [2.75, 3.05) is 33.3 Å². The van der Waals surface area contributed by atoms with Crippen LogP contribution in [0.25, 0.3) is 0 Å². The zero-order valence-corrected chi connectivity index (χ0v) is 18.2. The molecule has 2 aromatic carbocycles. The van der Waals surface area contributed by atoms with Crippen LogP contribution in [-0.2, 0) is 13.2 Å². The SMILES string of the molecule is COc1cccc(CN2CCN(C(=O)c3ccc(COc4ccccc4Cl)o3)CC2)c1. The number of para-hydroxylation sites is 1. The van der Waals surface area contributed by atoms with Gasteiger partial charge in [0.2, 0.25) is 0 Å². The maximum Gasteiger partial charge on any atom is 0.289 e. The monoisotopic (exact) mass is 440 g/mol. The Balaban J connectivity index is 1.28. The summed E-state index contributed by atoms with van der Waals surface area (Å²) in [4.78, 5) is 17.0. The third-order valence-electron chi connectivity index (χ3n) is 5.28. The lowest BCUT2D eigenvalue weighted by molar-refractivity contribution is 0.0594. The fourth-order valence-corrected chi connectivity index (χ4v) is 3.77. The molecule has 1 saturated heterocycles. The van der Waals surface area contributed by atoms with Gasteiger partial charge in [-0.3, -0.25) is 9.69 Å². The number of halogens is 1. The highest BCUT2D eigenvalue weighted by Gasteiger charge is 2.24. The summed E-state index contributed by atoms with van der Waals surface area (Å²) in [7, 11) is 1.67. The van der Waals surface area contributed by atoms with Gasteiger partial charge in [-0.2, -0.15) is 0 Å². The highest BCUT2D eigenvalue weighted by Crippen LogP contribution is 2.24. The van der Waals surface area contributed by atoms with Gasteiger partial charge in [0, 0.05) is 32.7 Å². The third kappa shape index (κ3) is 5.40. The van der Waals surface area contributed by atoms with E-state index in [2.05, 4.69) is 11.0 Å². The molecular weight excluding hydrogens is 416 g/mol. The van der Waals surface area contributed by atoms with Crippen molar-refractivity contribution in [1.82, 2.24) is 9.80 Å². The quantitative estimate of drug-likeness (QED) is 0.542. The second kappa shape index (κ2) is 9.90. The minimum absolute atomic E-state index is 0.0926. The Hall–Kier alpha value is -2.96. The molecule has 162 valence electrons. The number of carbonyl (C=O) groups is 1. The van der Waals surface area contributed by atoms with Gasteiger partial charge < -0.3 is 18.8 Å². The standard InChI is InChI=1S/C24H25ClN2O4/c1-29-19-6-4-5-18(15-19)16-26-11-13-27(14-12-26)24(28)23-10-9-20(31-23)17-30-22-8-3-2-7-21(22)25/h2-10,15H,11-14,16-17H2,1H3. The molecule has 3 aromatic rings. The molecule has 0 aliphatic carbocycles. The summed E-state index contributed by atoms with van der Waals surface area (Å²) in [6.45, 7) is 4.00. The first-order valence-corrected chi connectivity index (χ1v) is 10.6. The molecule has 4 rings (SSSR count). The highest BCUT2D eigenvalue weighted by molar-refractivity contribution is 6.32. The number of hydrogen-bond acceptors (Lipinski definition) is 5. The fourth-order valence-electron chi connectivity index (χ4n) is 3.58. The molecule has 7 heteroatoms. The van der Waals surface area contributed by atoms with Gasteiger partial charge in [-0.1, -0.05) is 35.9 Å². The first-order chi connectivity index (χ1) is 15.1. The number of amides is 1. The fraction of sp³-hybridized carbons (Fsp3) is 0.292. The number of piperazine rings is 1. The smallest absolute Gasteiger partial charge is 0.289 e. The lowest BCUT2D eigenvalue weighted by Crippen LogP contribution is -2.48. The van der Waals surface area contributed by atoms with E-state index in [0.717, 1.165) is 25.4 Å². The Morgan fingerprint density at radius 2 is 1.84 bits per heavy atom. The maximum atomic E-state index is 12.8. The van der Waals surface area contributed by atoms with Gasteiger partial charge >= 0.3 is 0 Å². The summed E-state index contributed by atoms with van der Waals surface area (Å²) < 4.78 is 16.7. The van der Waals surface area contributed by atoms with Crippen LogP contribution in [0.2, 0.25) is 5.02 Å². The molecule has 0 atom stereocenters. The molecule has 2 heterocycles. The normalized spacial score (nSPS) is 14.5. The Bertz CT molecular complexity index is 1030. The van der Waals surface area contributed by atoms with E-state index >= 15 is 0 Å². The Labute approximate surface area is 186 Å². The van der Waals surface area contributed by atoms with E-state index < -0.39 is 0 Å². The van der Waals surface area contributed by atoms with Crippen molar-refractivity contribution in [2.24, 2.45) is 0 Å². The summed E-state index contributed by atoms with van der Waals surface area (Å²) in [5.41, 5.74) is 1.20. The lowest BCUT2D eigenvalue weighted by atomic mass is 10.2. The predicted molar refractivity (Wildman–Crippen MR) is 119 cm³/mol. The van der Waals surface area contributed by atoms with E-state index in [9.17, 15) is 4.79 Å². The molecule has 1 amide bonds. The van der Waals surface area contributed by atoms with Crippen LogP contribution in [0.15, 0.2) is 65.1 Å². The number of carbonyl (C=O) groups excluding carboxylic acids is 1. The molecular formula is C24H25ClN2O4. The van der Waals surface area contributed by atoms with Crippen LogP contribution in [0.1, 0.15) is 21.9 Å². The minimum Gasteiger partial charge on any atom is -0.497 e. The maximum absolute atomic E-state index is 12.8. The van der Waals surface area contributed by atoms with Crippen molar-refractivity contribution in [3.63, 3.8) is 0 Å². The molecule has 0 spiro atoms. The van der Waals surface area contributed by atoms with Gasteiger partial charge in [-0.15, -0.1) is 0 Å². The van der Waals surface area contributed by atoms with Gasteiger partial charge in [-0.05, 0) is 42.0 Å². The molecule has 1 fully saturated rings. The van der Waals surface area contributed by atoms with Gasteiger partial charge in [0.05, 0.1) is 12.1 Å². The van der Waals surface area contributed by atoms with Crippen molar-refractivity contribution < 1.29 is 18.7 Å². The topological polar surface area (TPSA) is 55.2 Å². The largest absolute Gasteiger partial charge is 0.497 e. The average molecular weight is 441 g/mol. The number of hydrogen-bond donors (Lipinski definition) is 0. The molecule has 6 nitrogen and oxygen atoms in total. The van der Waals surface area contributed by atoms with Crippen LogP contribution in [0.5, 0.6) is 11.5 Å². The summed E-state index contributed by atoms with van der Waals surface area (Å²) in [6.07, 6.45) is 0. The van der Waals surface area contributed by atoms with E-state index in [1.165, 1.54) is 5.56 Å². The molecule has 0 bridgehead atoms. The molecule has 31 heavy (non-hydrogen) atoms. The van der Waals surface area contributed by atoms with Crippen molar-refractivity contribution >= 4 is 17.5 Å². The van der Waals surface area contributed by atoms with Crippen LogP contribution in [0.4, 0.5) is 0 Å². The van der Waals surface area contributed by atoms with Gasteiger partial charge in [-0.25, -0.2) is 0 Å². The number of methoxy groups -OCH3 is 1. The minimum atomic E-state index is -0.0926. The lowest BCUT2D eigenvalue weighted by Gasteiger charge is -2.34. The van der Waals surface area contributed by atoms with E-state index in [4.69, 9.17) is 25.5 Å². The number of rotatable bonds is 7. The number of ether oxygens (including phenoxy) is 2.